The predicted molar refractivity (Wildman–Crippen MR) is 61.7 cm³/mol. The Morgan fingerprint density at radius 1 is 0.900 bits per heavy atom. The molecule has 0 unspecified atom stereocenters. The number of aliphatic imine (C=N–C) groups is 1. The number of nitrogens with zero attached hydrogens (tertiary/aromatic N) is 1. The van der Waals surface area contributed by atoms with Crippen molar-refractivity contribution in [2.45, 2.75) is 31.6 Å². The third-order valence-electron chi connectivity index (χ3n) is 3.01. The summed E-state index contributed by atoms with van der Waals surface area (Å²) >= 11 is 0. The molecule has 0 aliphatic carbocycles. The number of rotatable bonds is 2. The highest BCUT2D eigenvalue weighted by Gasteiger charge is 2.36. The van der Waals surface area contributed by atoms with Crippen LogP contribution in [0.1, 0.15) is 29.5 Å². The molecule has 0 fully saturated rings. The van der Waals surface area contributed by atoms with Gasteiger partial charge in [-0.1, -0.05) is 0 Å². The Hall–Kier alpha value is -1.53. The van der Waals surface area contributed by atoms with E-state index in [-0.39, 0.29) is 18.1 Å². The first-order valence-electron chi connectivity index (χ1n) is 5.97. The monoisotopic (exact) mass is 295 g/mol. The summed E-state index contributed by atoms with van der Waals surface area (Å²) in [6, 6.07) is 1.66. The Kier molecular flexibility index (Phi) is 3.80. The third kappa shape index (κ3) is 3.52. The summed E-state index contributed by atoms with van der Waals surface area (Å²) in [5.74, 6) is 0. The SMILES string of the molecule is FC(F)(F)c1cc(CC2=NCCC2)cc(C(F)(F)F)c1. The van der Waals surface area contributed by atoms with Gasteiger partial charge in [-0.25, -0.2) is 0 Å². The van der Waals surface area contributed by atoms with Crippen molar-refractivity contribution in [3.05, 3.63) is 34.9 Å². The number of hydrogen-bond donors (Lipinski definition) is 0. The molecule has 110 valence electrons. The van der Waals surface area contributed by atoms with Crippen molar-refractivity contribution in [2.75, 3.05) is 6.54 Å². The largest absolute Gasteiger partial charge is 0.416 e. The molecule has 2 rings (SSSR count). The van der Waals surface area contributed by atoms with Gasteiger partial charge in [0.1, 0.15) is 0 Å². The molecule has 1 nitrogen and oxygen atoms in total. The molecule has 0 aromatic heterocycles. The Morgan fingerprint density at radius 2 is 1.45 bits per heavy atom. The second-order valence-electron chi connectivity index (χ2n) is 4.64. The van der Waals surface area contributed by atoms with Crippen LogP contribution in [-0.2, 0) is 18.8 Å². The molecule has 0 saturated carbocycles. The number of hydrogen-bond acceptors (Lipinski definition) is 1. The topological polar surface area (TPSA) is 12.4 Å². The first-order chi connectivity index (χ1) is 9.16. The van der Waals surface area contributed by atoms with Crippen LogP contribution in [0.4, 0.5) is 26.3 Å². The molecule has 0 radical (unpaired) electrons. The fourth-order valence-electron chi connectivity index (χ4n) is 2.10. The summed E-state index contributed by atoms with van der Waals surface area (Å²) < 4.78 is 75.9. The van der Waals surface area contributed by atoms with Gasteiger partial charge >= 0.3 is 12.4 Å². The summed E-state index contributed by atoms with van der Waals surface area (Å²) in [6.07, 6.45) is -8.15. The van der Waals surface area contributed by atoms with Gasteiger partial charge < -0.3 is 0 Å². The van der Waals surface area contributed by atoms with Crippen LogP contribution < -0.4 is 0 Å². The lowest BCUT2D eigenvalue weighted by Crippen LogP contribution is -2.12. The van der Waals surface area contributed by atoms with E-state index in [1.165, 1.54) is 0 Å². The Bertz CT molecular complexity index is 494. The minimum absolute atomic E-state index is 0.00667. The molecular weight excluding hydrogens is 284 g/mol. The van der Waals surface area contributed by atoms with E-state index in [0.29, 0.717) is 18.7 Å². The molecule has 0 spiro atoms. The highest BCUT2D eigenvalue weighted by molar-refractivity contribution is 5.87. The van der Waals surface area contributed by atoms with Gasteiger partial charge in [-0.2, -0.15) is 26.3 Å². The van der Waals surface area contributed by atoms with E-state index < -0.39 is 23.5 Å². The Morgan fingerprint density at radius 3 is 1.85 bits per heavy atom. The van der Waals surface area contributed by atoms with Crippen LogP contribution in [-0.4, -0.2) is 12.3 Å². The van der Waals surface area contributed by atoms with Crippen molar-refractivity contribution in [3.8, 4) is 0 Å². The molecule has 0 atom stereocenters. The molecule has 1 aliphatic rings. The Labute approximate surface area is 111 Å². The average Bonchev–Trinajstić information content (AvgIpc) is 2.79. The van der Waals surface area contributed by atoms with Gasteiger partial charge in [-0.3, -0.25) is 4.99 Å². The van der Waals surface area contributed by atoms with Gasteiger partial charge in [-0.15, -0.1) is 0 Å². The molecule has 0 saturated heterocycles. The summed E-state index contributed by atoms with van der Waals surface area (Å²) in [4.78, 5) is 4.07. The van der Waals surface area contributed by atoms with Crippen molar-refractivity contribution >= 4 is 5.71 Å². The minimum Gasteiger partial charge on any atom is -0.294 e. The van der Waals surface area contributed by atoms with Gasteiger partial charge in [0.25, 0.3) is 0 Å². The van der Waals surface area contributed by atoms with Crippen LogP contribution in [0.25, 0.3) is 0 Å². The quantitative estimate of drug-likeness (QED) is 0.712. The zero-order valence-corrected chi connectivity index (χ0v) is 10.3. The van der Waals surface area contributed by atoms with Crippen molar-refractivity contribution in [3.63, 3.8) is 0 Å². The van der Waals surface area contributed by atoms with E-state index in [1.807, 2.05) is 0 Å². The number of halogens is 6. The minimum atomic E-state index is -4.80. The molecule has 0 amide bonds. The Balaban J connectivity index is 2.40. The van der Waals surface area contributed by atoms with E-state index in [9.17, 15) is 26.3 Å². The van der Waals surface area contributed by atoms with Gasteiger partial charge in [-0.05, 0) is 36.6 Å². The maximum atomic E-state index is 12.7. The van der Waals surface area contributed by atoms with Crippen LogP contribution in [0.2, 0.25) is 0 Å². The van der Waals surface area contributed by atoms with E-state index in [4.69, 9.17) is 0 Å². The second-order valence-corrected chi connectivity index (χ2v) is 4.64. The van der Waals surface area contributed by atoms with E-state index in [0.717, 1.165) is 18.6 Å². The molecule has 0 bridgehead atoms. The zero-order valence-electron chi connectivity index (χ0n) is 10.3. The lowest BCUT2D eigenvalue weighted by Gasteiger charge is -2.14. The van der Waals surface area contributed by atoms with Gasteiger partial charge in [0.2, 0.25) is 0 Å². The fourth-order valence-corrected chi connectivity index (χ4v) is 2.10. The van der Waals surface area contributed by atoms with Crippen molar-refractivity contribution in [1.82, 2.24) is 0 Å². The summed E-state index contributed by atoms with van der Waals surface area (Å²) in [7, 11) is 0. The van der Waals surface area contributed by atoms with Crippen molar-refractivity contribution < 1.29 is 26.3 Å². The molecule has 1 aliphatic heterocycles. The normalized spacial score (nSPS) is 16.4. The molecule has 1 aromatic carbocycles. The van der Waals surface area contributed by atoms with Gasteiger partial charge in [0.15, 0.2) is 0 Å². The van der Waals surface area contributed by atoms with Gasteiger partial charge in [0.05, 0.1) is 11.1 Å². The first kappa shape index (κ1) is 14.9. The zero-order chi connectivity index (χ0) is 15.0. The number of benzene rings is 1. The summed E-state index contributed by atoms with van der Waals surface area (Å²) in [6.45, 7) is 0.584. The van der Waals surface area contributed by atoms with E-state index >= 15 is 0 Å². The lowest BCUT2D eigenvalue weighted by atomic mass is 10.00. The molecule has 7 heteroatoms. The second kappa shape index (κ2) is 5.10. The van der Waals surface area contributed by atoms with Crippen LogP contribution in [0.3, 0.4) is 0 Å². The van der Waals surface area contributed by atoms with Crippen molar-refractivity contribution in [2.24, 2.45) is 4.99 Å². The maximum absolute atomic E-state index is 12.7. The third-order valence-corrected chi connectivity index (χ3v) is 3.01. The predicted octanol–water partition coefficient (Wildman–Crippen LogP) is 4.50. The average molecular weight is 295 g/mol. The maximum Gasteiger partial charge on any atom is 0.416 e. The number of alkyl halides is 6. The van der Waals surface area contributed by atoms with Crippen LogP contribution in [0.5, 0.6) is 0 Å². The molecular formula is C13H11F6N. The highest BCUT2D eigenvalue weighted by atomic mass is 19.4. The van der Waals surface area contributed by atoms with E-state index in [1.54, 1.807) is 0 Å². The lowest BCUT2D eigenvalue weighted by molar-refractivity contribution is -0.143. The van der Waals surface area contributed by atoms with Crippen molar-refractivity contribution in [1.29, 1.82) is 0 Å². The van der Waals surface area contributed by atoms with Gasteiger partial charge in [0, 0.05) is 18.7 Å². The molecule has 1 aromatic rings. The highest BCUT2D eigenvalue weighted by Crippen LogP contribution is 2.36. The van der Waals surface area contributed by atoms with Crippen LogP contribution in [0.15, 0.2) is 23.2 Å². The molecule has 20 heavy (non-hydrogen) atoms. The molecule has 1 heterocycles. The smallest absolute Gasteiger partial charge is 0.294 e. The first-order valence-corrected chi connectivity index (χ1v) is 5.97. The summed E-state index contributed by atoms with van der Waals surface area (Å²) in [5.41, 5.74) is -1.91. The summed E-state index contributed by atoms with van der Waals surface area (Å²) in [5, 5.41) is 0. The standard InChI is InChI=1S/C13H11F6N/c14-12(15,16)9-4-8(6-11-2-1-3-20-11)5-10(7-9)13(17,18)19/h4-5,7H,1-3,6H2. The van der Waals surface area contributed by atoms with Crippen LogP contribution in [0, 0.1) is 0 Å². The fraction of sp³-hybridized carbons (Fsp3) is 0.462. The molecule has 0 N–H and O–H groups in total. The van der Waals surface area contributed by atoms with Crippen LogP contribution >= 0.6 is 0 Å². The van der Waals surface area contributed by atoms with E-state index in [2.05, 4.69) is 4.99 Å².